The van der Waals surface area contributed by atoms with Gasteiger partial charge in [0.25, 0.3) is 0 Å². The van der Waals surface area contributed by atoms with Crippen molar-refractivity contribution in [3.05, 3.63) is 35.8 Å². The molecule has 0 saturated carbocycles. The Balaban J connectivity index is 3.14. The Morgan fingerprint density at radius 1 is 1.57 bits per heavy atom. The molecule has 1 N–H and O–H groups in total. The lowest BCUT2D eigenvalue weighted by Crippen LogP contribution is -1.91. The summed E-state index contributed by atoms with van der Waals surface area (Å²) < 4.78 is 17.8. The predicted octanol–water partition coefficient (Wildman–Crippen LogP) is 1.93. The molecule has 0 aliphatic heterocycles. The summed E-state index contributed by atoms with van der Waals surface area (Å²) in [5.41, 5.74) is 0.326. The maximum Gasteiger partial charge on any atom is 0.165 e. The number of aliphatic hydroxyl groups is 1. The summed E-state index contributed by atoms with van der Waals surface area (Å²) in [6.45, 7) is 0. The number of aliphatic hydroxyl groups excluding tert-OH is 1. The lowest BCUT2D eigenvalue weighted by Gasteiger charge is -2.03. The average molecular weight is 196 g/mol. The zero-order valence-corrected chi connectivity index (χ0v) is 7.53. The summed E-state index contributed by atoms with van der Waals surface area (Å²) in [7, 11) is 1.35. The molecule has 0 fully saturated rings. The Bertz CT molecular complexity index is 372. The molecule has 0 amide bonds. The fourth-order valence-electron chi connectivity index (χ4n) is 1.02. The molecule has 0 saturated heterocycles. The molecular formula is C10H9FO3. The van der Waals surface area contributed by atoms with E-state index in [0.717, 1.165) is 6.07 Å². The van der Waals surface area contributed by atoms with E-state index in [1.807, 2.05) is 0 Å². The van der Waals surface area contributed by atoms with Crippen LogP contribution >= 0.6 is 0 Å². The number of hydrogen-bond acceptors (Lipinski definition) is 3. The smallest absolute Gasteiger partial charge is 0.165 e. The number of allylic oxidation sites excluding steroid dienone is 1. The molecule has 1 aromatic rings. The molecule has 1 rings (SSSR count). The Morgan fingerprint density at radius 3 is 2.71 bits per heavy atom. The van der Waals surface area contributed by atoms with Crippen LogP contribution in [-0.2, 0) is 4.79 Å². The Hall–Kier alpha value is -1.84. The van der Waals surface area contributed by atoms with Gasteiger partial charge < -0.3 is 9.84 Å². The highest BCUT2D eigenvalue weighted by atomic mass is 19.1. The van der Waals surface area contributed by atoms with E-state index in [9.17, 15) is 9.18 Å². The normalized spacial score (nSPS) is 11.1. The number of carbonyl (C=O) groups excluding carboxylic acids is 1. The molecule has 0 spiro atoms. The van der Waals surface area contributed by atoms with E-state index in [-0.39, 0.29) is 11.3 Å². The SMILES string of the molecule is COc1ccc(/C(C=O)=C/O)cc1F. The molecule has 4 heteroatoms. The van der Waals surface area contributed by atoms with Crippen LogP contribution in [0.4, 0.5) is 4.39 Å². The number of carbonyl (C=O) groups is 1. The fourth-order valence-corrected chi connectivity index (χ4v) is 1.02. The lowest BCUT2D eigenvalue weighted by molar-refractivity contribution is -0.103. The summed E-state index contributed by atoms with van der Waals surface area (Å²) in [5, 5.41) is 8.65. The maximum absolute atomic E-state index is 13.1. The molecule has 0 radical (unpaired) electrons. The van der Waals surface area contributed by atoms with Gasteiger partial charge in [-0.2, -0.15) is 0 Å². The second-order valence-corrected chi connectivity index (χ2v) is 2.55. The summed E-state index contributed by atoms with van der Waals surface area (Å²) in [4.78, 5) is 10.4. The maximum atomic E-state index is 13.1. The van der Waals surface area contributed by atoms with Crippen LogP contribution in [0.15, 0.2) is 24.5 Å². The number of rotatable bonds is 3. The van der Waals surface area contributed by atoms with Crippen LogP contribution in [0, 0.1) is 5.82 Å². The second-order valence-electron chi connectivity index (χ2n) is 2.55. The number of aldehydes is 1. The summed E-state index contributed by atoms with van der Waals surface area (Å²) in [6.07, 6.45) is 1.08. The van der Waals surface area contributed by atoms with Gasteiger partial charge in [0.1, 0.15) is 0 Å². The largest absolute Gasteiger partial charge is 0.515 e. The van der Waals surface area contributed by atoms with Gasteiger partial charge in [0, 0.05) is 0 Å². The molecule has 1 aromatic carbocycles. The van der Waals surface area contributed by atoms with E-state index < -0.39 is 5.82 Å². The number of ether oxygens (including phenoxy) is 1. The number of halogens is 1. The first-order valence-corrected chi connectivity index (χ1v) is 3.86. The van der Waals surface area contributed by atoms with Gasteiger partial charge >= 0.3 is 0 Å². The van der Waals surface area contributed by atoms with Gasteiger partial charge in [-0.1, -0.05) is 6.07 Å². The molecular weight excluding hydrogens is 187 g/mol. The highest BCUT2D eigenvalue weighted by molar-refractivity contribution is 6.06. The Kier molecular flexibility index (Phi) is 3.23. The van der Waals surface area contributed by atoms with Crippen molar-refractivity contribution in [1.82, 2.24) is 0 Å². The molecule has 0 aliphatic rings. The molecule has 0 bridgehead atoms. The first kappa shape index (κ1) is 10.2. The van der Waals surface area contributed by atoms with Gasteiger partial charge in [-0.3, -0.25) is 4.79 Å². The van der Waals surface area contributed by atoms with Gasteiger partial charge in [0.05, 0.1) is 18.9 Å². The van der Waals surface area contributed by atoms with Gasteiger partial charge in [0.2, 0.25) is 0 Å². The molecule has 0 aromatic heterocycles. The molecule has 0 unspecified atom stereocenters. The van der Waals surface area contributed by atoms with Crippen molar-refractivity contribution < 1.29 is 19.0 Å². The third-order valence-corrected chi connectivity index (χ3v) is 1.75. The van der Waals surface area contributed by atoms with Crippen LogP contribution in [0.25, 0.3) is 5.57 Å². The van der Waals surface area contributed by atoms with Gasteiger partial charge in [-0.25, -0.2) is 4.39 Å². The zero-order chi connectivity index (χ0) is 10.6. The number of benzene rings is 1. The van der Waals surface area contributed by atoms with E-state index in [4.69, 9.17) is 9.84 Å². The fraction of sp³-hybridized carbons (Fsp3) is 0.100. The topological polar surface area (TPSA) is 46.5 Å². The number of methoxy groups -OCH3 is 1. The lowest BCUT2D eigenvalue weighted by atomic mass is 10.1. The third kappa shape index (κ3) is 1.90. The van der Waals surface area contributed by atoms with Crippen molar-refractivity contribution in [3.8, 4) is 5.75 Å². The van der Waals surface area contributed by atoms with Crippen molar-refractivity contribution in [2.24, 2.45) is 0 Å². The zero-order valence-electron chi connectivity index (χ0n) is 7.53. The van der Waals surface area contributed by atoms with Crippen LogP contribution in [0.5, 0.6) is 5.75 Å². The van der Waals surface area contributed by atoms with E-state index in [1.165, 1.54) is 19.2 Å². The predicted molar refractivity (Wildman–Crippen MR) is 49.6 cm³/mol. The number of hydrogen-bond donors (Lipinski definition) is 1. The third-order valence-electron chi connectivity index (χ3n) is 1.75. The van der Waals surface area contributed by atoms with E-state index in [1.54, 1.807) is 0 Å². The second kappa shape index (κ2) is 4.41. The summed E-state index contributed by atoms with van der Waals surface area (Å²) >= 11 is 0. The van der Waals surface area contributed by atoms with Gasteiger partial charge in [0.15, 0.2) is 17.9 Å². The van der Waals surface area contributed by atoms with E-state index >= 15 is 0 Å². The minimum Gasteiger partial charge on any atom is -0.515 e. The van der Waals surface area contributed by atoms with E-state index in [0.29, 0.717) is 18.1 Å². The standard InChI is InChI=1S/C10H9FO3/c1-14-10-3-2-7(4-9(10)11)8(5-12)6-13/h2-6,12H,1H3/b8-5+. The molecule has 74 valence electrons. The quantitative estimate of drug-likeness (QED) is 0.456. The summed E-state index contributed by atoms with van der Waals surface area (Å²) in [6, 6.07) is 3.99. The van der Waals surface area contributed by atoms with Crippen molar-refractivity contribution in [2.75, 3.05) is 7.11 Å². The van der Waals surface area contributed by atoms with Gasteiger partial charge in [-0.15, -0.1) is 0 Å². The molecule has 3 nitrogen and oxygen atoms in total. The van der Waals surface area contributed by atoms with Crippen molar-refractivity contribution in [3.63, 3.8) is 0 Å². The van der Waals surface area contributed by atoms with Crippen LogP contribution in [0.1, 0.15) is 5.56 Å². The monoisotopic (exact) mass is 196 g/mol. The van der Waals surface area contributed by atoms with Gasteiger partial charge in [-0.05, 0) is 17.7 Å². The van der Waals surface area contributed by atoms with Crippen LogP contribution in [-0.4, -0.2) is 18.5 Å². The first-order valence-electron chi connectivity index (χ1n) is 3.86. The van der Waals surface area contributed by atoms with Crippen LogP contribution in [0.2, 0.25) is 0 Å². The minimum atomic E-state index is -0.578. The highest BCUT2D eigenvalue weighted by Crippen LogP contribution is 2.21. The summed E-state index contributed by atoms with van der Waals surface area (Å²) in [5.74, 6) is -0.483. The molecule has 0 heterocycles. The highest BCUT2D eigenvalue weighted by Gasteiger charge is 2.06. The first-order chi connectivity index (χ1) is 6.72. The van der Waals surface area contributed by atoms with Crippen molar-refractivity contribution in [2.45, 2.75) is 0 Å². The Labute approximate surface area is 80.4 Å². The minimum absolute atomic E-state index is 0.0200. The Morgan fingerprint density at radius 2 is 2.29 bits per heavy atom. The average Bonchev–Trinajstić information content (AvgIpc) is 2.20. The van der Waals surface area contributed by atoms with Crippen LogP contribution < -0.4 is 4.74 Å². The van der Waals surface area contributed by atoms with Crippen molar-refractivity contribution in [1.29, 1.82) is 0 Å². The molecule has 14 heavy (non-hydrogen) atoms. The van der Waals surface area contributed by atoms with E-state index in [2.05, 4.69) is 0 Å². The van der Waals surface area contributed by atoms with Crippen molar-refractivity contribution >= 4 is 11.9 Å². The molecule has 0 aliphatic carbocycles. The molecule has 0 atom stereocenters. The van der Waals surface area contributed by atoms with Crippen LogP contribution in [0.3, 0.4) is 0 Å².